The number of ether oxygens (including phenoxy) is 3. The molecule has 0 saturated heterocycles. The van der Waals surface area contributed by atoms with E-state index < -0.39 is 11.9 Å². The molecule has 152 valence electrons. The van der Waals surface area contributed by atoms with Crippen LogP contribution in [0.4, 0.5) is 5.69 Å². The van der Waals surface area contributed by atoms with Crippen molar-refractivity contribution in [2.24, 2.45) is 0 Å². The molecule has 2 aromatic carbocycles. The van der Waals surface area contributed by atoms with Gasteiger partial charge >= 0.3 is 5.97 Å². The summed E-state index contributed by atoms with van der Waals surface area (Å²) in [5, 5.41) is 5.18. The summed E-state index contributed by atoms with van der Waals surface area (Å²) >= 11 is 0. The largest absolute Gasteiger partial charge is 0.493 e. The highest BCUT2D eigenvalue weighted by Gasteiger charge is 2.12. The molecule has 2 rings (SSSR count). The number of methoxy groups -OCH3 is 2. The summed E-state index contributed by atoms with van der Waals surface area (Å²) < 4.78 is 15.2. The average molecular weight is 398 g/mol. The van der Waals surface area contributed by atoms with Gasteiger partial charge in [-0.2, -0.15) is 0 Å². The average Bonchev–Trinajstić information content (AvgIpc) is 2.75. The fourth-order valence-electron chi connectivity index (χ4n) is 2.31. The van der Waals surface area contributed by atoms with Crippen molar-refractivity contribution >= 4 is 23.5 Å². The van der Waals surface area contributed by atoms with Gasteiger partial charge in [-0.1, -0.05) is 12.7 Å². The zero-order chi connectivity index (χ0) is 21.2. The molecule has 2 aromatic rings. The van der Waals surface area contributed by atoms with Crippen molar-refractivity contribution in [3.8, 4) is 11.5 Å². The van der Waals surface area contributed by atoms with Crippen LogP contribution in [0.2, 0.25) is 0 Å². The standard InChI is InChI=1S/C21H22N2O6/c1-4-11-29-17-10-7-15(12-18(17)27-2)21(26)23-16-8-5-14(6-9-16)20(25)22-13-19(24)28-3/h4-10,12H,1,11,13H2,2-3H3,(H,22,25)(H,23,26). The number of anilines is 1. The molecule has 2 amide bonds. The molecule has 0 bridgehead atoms. The molecule has 0 unspecified atom stereocenters. The monoisotopic (exact) mass is 398 g/mol. The summed E-state index contributed by atoms with van der Waals surface area (Å²) in [6.45, 7) is 3.69. The van der Waals surface area contributed by atoms with Crippen LogP contribution in [0.3, 0.4) is 0 Å². The number of amides is 2. The van der Waals surface area contributed by atoms with Gasteiger partial charge in [-0.05, 0) is 42.5 Å². The fourth-order valence-corrected chi connectivity index (χ4v) is 2.31. The van der Waals surface area contributed by atoms with Gasteiger partial charge in [0, 0.05) is 16.8 Å². The number of carbonyl (C=O) groups excluding carboxylic acids is 3. The van der Waals surface area contributed by atoms with Crippen LogP contribution in [-0.4, -0.2) is 45.2 Å². The molecule has 0 atom stereocenters. The molecule has 0 aromatic heterocycles. The van der Waals surface area contributed by atoms with Crippen molar-refractivity contribution in [3.63, 3.8) is 0 Å². The van der Waals surface area contributed by atoms with Crippen LogP contribution in [-0.2, 0) is 9.53 Å². The van der Waals surface area contributed by atoms with Gasteiger partial charge in [-0.25, -0.2) is 0 Å². The lowest BCUT2D eigenvalue weighted by Gasteiger charge is -2.11. The van der Waals surface area contributed by atoms with Crippen molar-refractivity contribution in [2.75, 3.05) is 32.7 Å². The molecule has 0 aliphatic heterocycles. The van der Waals surface area contributed by atoms with Crippen molar-refractivity contribution in [1.82, 2.24) is 5.32 Å². The molecule has 0 heterocycles. The number of hydrogen-bond acceptors (Lipinski definition) is 6. The second-order valence-corrected chi connectivity index (χ2v) is 5.76. The lowest BCUT2D eigenvalue weighted by molar-refractivity contribution is -0.139. The first-order valence-electron chi connectivity index (χ1n) is 8.66. The highest BCUT2D eigenvalue weighted by Crippen LogP contribution is 2.28. The molecule has 0 aliphatic rings. The minimum atomic E-state index is -0.543. The van der Waals surface area contributed by atoms with Crippen LogP contribution in [0.15, 0.2) is 55.1 Å². The number of hydrogen-bond donors (Lipinski definition) is 2. The Kier molecular flexibility index (Phi) is 7.78. The van der Waals surface area contributed by atoms with E-state index in [9.17, 15) is 14.4 Å². The molecular formula is C21H22N2O6. The lowest BCUT2D eigenvalue weighted by Crippen LogP contribution is -2.30. The van der Waals surface area contributed by atoms with Crippen molar-refractivity contribution in [1.29, 1.82) is 0 Å². The Labute approximate surface area is 168 Å². The first kappa shape index (κ1) is 21.5. The summed E-state index contributed by atoms with van der Waals surface area (Å²) in [6.07, 6.45) is 1.61. The Morgan fingerprint density at radius 3 is 2.28 bits per heavy atom. The first-order chi connectivity index (χ1) is 14.0. The third-order valence-electron chi connectivity index (χ3n) is 3.81. The van der Waals surface area contributed by atoms with Crippen molar-refractivity contribution in [3.05, 3.63) is 66.2 Å². The van der Waals surface area contributed by atoms with E-state index in [4.69, 9.17) is 9.47 Å². The van der Waals surface area contributed by atoms with Gasteiger partial charge < -0.3 is 24.8 Å². The van der Waals surface area contributed by atoms with E-state index in [-0.39, 0.29) is 12.5 Å². The van der Waals surface area contributed by atoms with Gasteiger partial charge in [0.2, 0.25) is 0 Å². The van der Waals surface area contributed by atoms with Crippen LogP contribution in [0.5, 0.6) is 11.5 Å². The van der Waals surface area contributed by atoms with Crippen molar-refractivity contribution in [2.45, 2.75) is 0 Å². The predicted octanol–water partition coefficient (Wildman–Crippen LogP) is 2.42. The Morgan fingerprint density at radius 2 is 1.66 bits per heavy atom. The predicted molar refractivity (Wildman–Crippen MR) is 107 cm³/mol. The van der Waals surface area contributed by atoms with Crippen LogP contribution in [0, 0.1) is 0 Å². The fraction of sp³-hybridized carbons (Fsp3) is 0.190. The van der Waals surface area contributed by atoms with Gasteiger partial charge in [0.25, 0.3) is 11.8 Å². The summed E-state index contributed by atoms with van der Waals surface area (Å²) in [4.78, 5) is 35.5. The van der Waals surface area contributed by atoms with E-state index in [2.05, 4.69) is 21.9 Å². The zero-order valence-electron chi connectivity index (χ0n) is 16.2. The second kappa shape index (κ2) is 10.5. The molecule has 29 heavy (non-hydrogen) atoms. The Bertz CT molecular complexity index is 893. The number of nitrogens with one attached hydrogen (secondary N) is 2. The van der Waals surface area contributed by atoms with E-state index in [0.29, 0.717) is 34.9 Å². The van der Waals surface area contributed by atoms with E-state index in [1.165, 1.54) is 26.4 Å². The smallest absolute Gasteiger partial charge is 0.325 e. The minimum absolute atomic E-state index is 0.220. The Morgan fingerprint density at radius 1 is 0.966 bits per heavy atom. The number of esters is 1. The van der Waals surface area contributed by atoms with Gasteiger partial charge in [0.05, 0.1) is 14.2 Å². The summed E-state index contributed by atoms with van der Waals surface area (Å²) in [7, 11) is 2.73. The van der Waals surface area contributed by atoms with Crippen LogP contribution >= 0.6 is 0 Å². The van der Waals surface area contributed by atoms with Crippen LogP contribution < -0.4 is 20.1 Å². The van der Waals surface area contributed by atoms with E-state index in [0.717, 1.165) is 0 Å². The van der Waals surface area contributed by atoms with Crippen LogP contribution in [0.25, 0.3) is 0 Å². The normalized spacial score (nSPS) is 9.86. The van der Waals surface area contributed by atoms with E-state index in [1.807, 2.05) is 0 Å². The third kappa shape index (κ3) is 6.10. The highest BCUT2D eigenvalue weighted by molar-refractivity contribution is 6.05. The maximum Gasteiger partial charge on any atom is 0.325 e. The Hall–Kier alpha value is -3.81. The number of benzene rings is 2. The minimum Gasteiger partial charge on any atom is -0.493 e. The SMILES string of the molecule is C=CCOc1ccc(C(=O)Nc2ccc(C(=O)NCC(=O)OC)cc2)cc1OC. The van der Waals surface area contributed by atoms with Crippen molar-refractivity contribution < 1.29 is 28.6 Å². The molecule has 0 radical (unpaired) electrons. The number of rotatable bonds is 9. The summed E-state index contributed by atoms with van der Waals surface area (Å²) in [5.74, 6) is -0.378. The van der Waals surface area contributed by atoms with Gasteiger partial charge in [-0.3, -0.25) is 14.4 Å². The Balaban J connectivity index is 2.02. The molecular weight excluding hydrogens is 376 g/mol. The molecule has 8 heteroatoms. The molecule has 0 saturated carbocycles. The summed E-state index contributed by atoms with van der Waals surface area (Å²) in [5.41, 5.74) is 1.23. The topological polar surface area (TPSA) is 103 Å². The maximum atomic E-state index is 12.5. The van der Waals surface area contributed by atoms with Gasteiger partial charge in [-0.15, -0.1) is 0 Å². The quantitative estimate of drug-likeness (QED) is 0.497. The molecule has 0 fully saturated rings. The van der Waals surface area contributed by atoms with Gasteiger partial charge in [0.15, 0.2) is 11.5 Å². The lowest BCUT2D eigenvalue weighted by atomic mass is 10.1. The highest BCUT2D eigenvalue weighted by atomic mass is 16.5. The first-order valence-corrected chi connectivity index (χ1v) is 8.66. The zero-order valence-corrected chi connectivity index (χ0v) is 16.2. The van der Waals surface area contributed by atoms with E-state index >= 15 is 0 Å². The second-order valence-electron chi connectivity index (χ2n) is 5.76. The molecule has 0 spiro atoms. The van der Waals surface area contributed by atoms with Crippen LogP contribution in [0.1, 0.15) is 20.7 Å². The third-order valence-corrected chi connectivity index (χ3v) is 3.81. The molecule has 0 aliphatic carbocycles. The van der Waals surface area contributed by atoms with Gasteiger partial charge in [0.1, 0.15) is 13.2 Å². The maximum absolute atomic E-state index is 12.5. The summed E-state index contributed by atoms with van der Waals surface area (Å²) in [6, 6.07) is 11.1. The number of carbonyl (C=O) groups is 3. The molecule has 2 N–H and O–H groups in total. The van der Waals surface area contributed by atoms with E-state index in [1.54, 1.807) is 36.4 Å². The molecule has 8 nitrogen and oxygen atoms in total.